The Hall–Kier alpha value is -6.51. The number of benzene rings is 5. The molecule has 0 bridgehead atoms. The van der Waals surface area contributed by atoms with Gasteiger partial charge in [0, 0.05) is 52.8 Å². The number of fused-ring (bicyclic) bond motifs is 3. The van der Waals surface area contributed by atoms with Crippen LogP contribution < -0.4 is 0 Å². The van der Waals surface area contributed by atoms with Crippen molar-refractivity contribution in [2.45, 2.75) is 58.8 Å². The normalized spacial score (nSPS) is 18.7. The SMILES string of the molecule is [2H]c1cc2c(oc3c(-c4cc(C([2H])([2H])[2H])c(C([2H])([2H])C([2H])([2H])c5cc(C([2H])([2H])C([2H])([2H])c6cnc(-c7[c-]cccc7)cc6C([2H])([2H])[2H])cc(C([2H])([2H])C([2H])([2H])c6cnc(-c7[c-]cccc7)cc6C([2H])([2H])[2H])c5)cn4)[c-]ccc32)c([2H])c1C#N.[Ir+3]. The molecule has 0 N–H and O–H groups in total. The Morgan fingerprint density at radius 1 is 0.623 bits per heavy atom. The van der Waals surface area contributed by atoms with E-state index in [0.29, 0.717) is 34.7 Å². The van der Waals surface area contributed by atoms with E-state index in [1.54, 1.807) is 42.5 Å². The summed E-state index contributed by atoms with van der Waals surface area (Å²) in [4.78, 5) is 12.8. The predicted molar refractivity (Wildman–Crippen MR) is 240 cm³/mol. The predicted octanol–water partition coefficient (Wildman–Crippen LogP) is 12.3. The van der Waals surface area contributed by atoms with Crippen LogP contribution in [0.1, 0.15) is 87.2 Å². The molecule has 0 spiro atoms. The van der Waals surface area contributed by atoms with Gasteiger partial charge < -0.3 is 19.4 Å². The van der Waals surface area contributed by atoms with Crippen LogP contribution in [0, 0.1) is 50.1 Å². The van der Waals surface area contributed by atoms with E-state index in [1.807, 2.05) is 0 Å². The van der Waals surface area contributed by atoms with E-state index in [4.69, 9.17) is 19.5 Å². The molecule has 0 aliphatic heterocycles. The fourth-order valence-electron chi connectivity index (χ4n) is 6.33. The third kappa shape index (κ3) is 9.15. The molecule has 0 aliphatic rings. The molecule has 0 fully saturated rings. The van der Waals surface area contributed by atoms with Gasteiger partial charge in [-0.05, 0) is 121 Å². The van der Waals surface area contributed by atoms with Gasteiger partial charge in [0.25, 0.3) is 0 Å². The summed E-state index contributed by atoms with van der Waals surface area (Å²) in [5, 5.41) is 10.2. The van der Waals surface area contributed by atoms with E-state index in [-0.39, 0.29) is 70.9 Å². The molecule has 0 atom stereocenters. The van der Waals surface area contributed by atoms with Crippen molar-refractivity contribution in [1.82, 2.24) is 15.0 Å². The molecule has 298 valence electrons. The van der Waals surface area contributed by atoms with Crippen LogP contribution in [0.3, 0.4) is 0 Å². The summed E-state index contributed by atoms with van der Waals surface area (Å²) in [6, 6.07) is 31.5. The molecule has 4 heterocycles. The van der Waals surface area contributed by atoms with Crippen LogP contribution >= 0.6 is 0 Å². The summed E-state index contributed by atoms with van der Waals surface area (Å²) in [6.07, 6.45) is -19.3. The van der Waals surface area contributed by atoms with Crippen molar-refractivity contribution >= 4 is 21.9 Å². The molecule has 9 aromatic rings. The largest absolute Gasteiger partial charge is 3.00 e. The van der Waals surface area contributed by atoms with Gasteiger partial charge in [-0.2, -0.15) is 5.26 Å². The Labute approximate surface area is 403 Å². The number of furan rings is 1. The zero-order valence-electron chi connectivity index (χ0n) is 54.6. The van der Waals surface area contributed by atoms with E-state index < -0.39 is 115 Å². The Morgan fingerprint density at radius 3 is 1.64 bits per heavy atom. The molecule has 0 saturated carbocycles. The first-order chi connectivity index (χ1) is 38.4. The Kier molecular flexibility index (Phi) is 6.59. The number of aryl methyl sites for hydroxylation is 9. The first-order valence-electron chi connectivity index (χ1n) is 29.8. The molecule has 61 heavy (non-hydrogen) atoms. The smallest absolute Gasteiger partial charge is 0.501 e. The number of nitrogens with zero attached hydrogens (tertiary/aromatic N) is 4. The van der Waals surface area contributed by atoms with Crippen LogP contribution in [-0.2, 0) is 58.3 Å². The van der Waals surface area contributed by atoms with Crippen molar-refractivity contribution in [2.24, 2.45) is 0 Å². The summed E-state index contributed by atoms with van der Waals surface area (Å²) in [5.74, 6) is 0. The number of nitriles is 1. The van der Waals surface area contributed by atoms with Gasteiger partial charge in [-0.1, -0.05) is 70.1 Å². The van der Waals surface area contributed by atoms with Gasteiger partial charge in [-0.3, -0.25) is 0 Å². The summed E-state index contributed by atoms with van der Waals surface area (Å²) in [5.41, 5.74) is -7.95. The maximum Gasteiger partial charge on any atom is 3.00 e. The maximum absolute atomic E-state index is 9.65. The number of rotatable bonds is 12. The first kappa shape index (κ1) is 21.8. The molecule has 9 rings (SSSR count). The number of aromatic nitrogens is 3. The van der Waals surface area contributed by atoms with E-state index in [0.717, 1.165) is 36.8 Å². The third-order valence-electron chi connectivity index (χ3n) is 9.30. The molecule has 5 aromatic carbocycles. The van der Waals surface area contributed by atoms with Crippen molar-refractivity contribution in [2.75, 3.05) is 0 Å². The Balaban J connectivity index is 0.00000920. The molecule has 4 aromatic heterocycles. The molecule has 6 heteroatoms. The summed E-state index contributed by atoms with van der Waals surface area (Å²) < 4.78 is 214. The van der Waals surface area contributed by atoms with E-state index >= 15 is 0 Å². The van der Waals surface area contributed by atoms with Gasteiger partial charge in [0.2, 0.25) is 0 Å². The van der Waals surface area contributed by atoms with Gasteiger partial charge in [-0.15, -0.1) is 90.0 Å². The van der Waals surface area contributed by atoms with Crippen LogP contribution in [0.5, 0.6) is 0 Å². The molecule has 0 saturated heterocycles. The van der Waals surface area contributed by atoms with Crippen LogP contribution in [0.25, 0.3) is 55.7 Å². The average Bonchev–Trinajstić information content (AvgIpc) is 3.63. The Bertz CT molecular complexity index is 3920. The van der Waals surface area contributed by atoms with Crippen molar-refractivity contribution < 1.29 is 56.0 Å². The minimum absolute atomic E-state index is 0. The van der Waals surface area contributed by atoms with Crippen LogP contribution in [-0.4, -0.2) is 15.0 Å². The maximum atomic E-state index is 9.65. The number of hydrogen-bond donors (Lipinski definition) is 0. The molecular formula is C55H43IrN4O. The van der Waals surface area contributed by atoms with Gasteiger partial charge >= 0.3 is 20.1 Å². The fraction of sp³-hybridized carbons (Fsp3) is 0.164. The number of pyridine rings is 3. The topological polar surface area (TPSA) is 75.6 Å². The van der Waals surface area contributed by atoms with Gasteiger partial charge in [0.05, 0.1) is 20.0 Å². The summed E-state index contributed by atoms with van der Waals surface area (Å²) in [6.45, 7) is -9.58. The van der Waals surface area contributed by atoms with Gasteiger partial charge in [0.1, 0.15) is 5.58 Å². The van der Waals surface area contributed by atoms with Crippen molar-refractivity contribution in [3.8, 4) is 39.8 Å². The molecule has 0 radical (unpaired) electrons. The quantitative estimate of drug-likeness (QED) is 0.114. The average molecular weight is 991 g/mol. The zero-order valence-corrected chi connectivity index (χ0v) is 34.0. The molecule has 0 unspecified atom stereocenters. The van der Waals surface area contributed by atoms with E-state index in [1.165, 1.54) is 30.3 Å². The molecular weight excluding hydrogens is 925 g/mol. The summed E-state index contributed by atoms with van der Waals surface area (Å²) in [7, 11) is 0. The number of hydrogen-bond acceptors (Lipinski definition) is 5. The van der Waals surface area contributed by atoms with Crippen molar-refractivity contribution in [1.29, 1.82) is 5.26 Å². The first-order valence-corrected chi connectivity index (χ1v) is 18.3. The second-order valence-electron chi connectivity index (χ2n) is 13.3. The van der Waals surface area contributed by atoms with Crippen molar-refractivity contribution in [3.63, 3.8) is 0 Å². The second-order valence-corrected chi connectivity index (χ2v) is 13.3. The molecule has 0 amide bonds. The molecule has 5 nitrogen and oxygen atoms in total. The van der Waals surface area contributed by atoms with Crippen LogP contribution in [0.15, 0.2) is 138 Å². The standard InChI is InChI=1S/C55H43N4O.Ir/c1-36-25-51(43-11-6-4-7-12-43)57-33-45(36)21-17-39-28-40(18-22-46-34-58-52(26-37(46)2)44-13-8-5-9-14-44)30-41(29-39)19-23-47-35-59-53(27-38(47)3)50-16-10-15-49-48-24-20-42(32-56)31-54(48)60-55(49)50;/h4-11,13,15,20,24-31,33-35H,17-19,21-23H2,1-3H3;/q-3;+3/i1D3,2D3,3D3,17D2,18D2,19D2,20D,21D2,22D2,23D2,31D;. The fourth-order valence-corrected chi connectivity index (χ4v) is 6.33. The van der Waals surface area contributed by atoms with Gasteiger partial charge in [0.15, 0.2) is 0 Å². The van der Waals surface area contributed by atoms with Crippen molar-refractivity contribution in [3.05, 3.63) is 208 Å². The van der Waals surface area contributed by atoms with Gasteiger partial charge in [-0.25, -0.2) is 0 Å². The minimum Gasteiger partial charge on any atom is -0.501 e. The van der Waals surface area contributed by atoms with Crippen LogP contribution in [0.4, 0.5) is 0 Å². The van der Waals surface area contributed by atoms with E-state index in [9.17, 15) is 21.7 Å². The third-order valence-corrected chi connectivity index (χ3v) is 9.30. The Morgan fingerprint density at radius 2 is 1.15 bits per heavy atom. The molecule has 0 aliphatic carbocycles. The van der Waals surface area contributed by atoms with Crippen LogP contribution in [0.2, 0.25) is 0 Å². The monoisotopic (exact) mass is 991 g/mol. The second kappa shape index (κ2) is 18.4. The van der Waals surface area contributed by atoms with E-state index in [2.05, 4.69) is 33.2 Å². The summed E-state index contributed by atoms with van der Waals surface area (Å²) >= 11 is 0. The minimum atomic E-state index is -3.67. The zero-order chi connectivity index (χ0) is 61.0.